The summed E-state index contributed by atoms with van der Waals surface area (Å²) in [5.41, 5.74) is 0.527. The van der Waals surface area contributed by atoms with Gasteiger partial charge in [-0.15, -0.1) is 0 Å². The second kappa shape index (κ2) is 4.61. The summed E-state index contributed by atoms with van der Waals surface area (Å²) in [4.78, 5) is 13.9. The Morgan fingerprint density at radius 1 is 1.56 bits per heavy atom. The standard InChI is InChI=1S/C12H15FN2O/c1-15-6-5-9(8-15)12(16)14-11-4-2-3-10(13)7-11/h2-4,7,9H,5-6,8H2,1H3,(H,14,16). The summed E-state index contributed by atoms with van der Waals surface area (Å²) in [6.07, 6.45) is 0.873. The van der Waals surface area contributed by atoms with Gasteiger partial charge in [-0.25, -0.2) is 4.39 Å². The topological polar surface area (TPSA) is 32.3 Å². The third-order valence-electron chi connectivity index (χ3n) is 2.85. The van der Waals surface area contributed by atoms with Crippen molar-refractivity contribution in [3.63, 3.8) is 0 Å². The van der Waals surface area contributed by atoms with E-state index in [4.69, 9.17) is 0 Å². The number of benzene rings is 1. The molecule has 86 valence electrons. The quantitative estimate of drug-likeness (QED) is 0.826. The summed E-state index contributed by atoms with van der Waals surface area (Å²) in [6.45, 7) is 1.72. The minimum atomic E-state index is -0.332. The number of nitrogens with zero attached hydrogens (tertiary/aromatic N) is 1. The lowest BCUT2D eigenvalue weighted by Crippen LogP contribution is -2.25. The van der Waals surface area contributed by atoms with E-state index in [2.05, 4.69) is 10.2 Å². The number of nitrogens with one attached hydrogen (secondary N) is 1. The van der Waals surface area contributed by atoms with Crippen LogP contribution in [0.4, 0.5) is 10.1 Å². The molecule has 1 saturated heterocycles. The fourth-order valence-electron chi connectivity index (χ4n) is 1.96. The van der Waals surface area contributed by atoms with Gasteiger partial charge in [0.2, 0.25) is 5.91 Å². The van der Waals surface area contributed by atoms with Crippen molar-refractivity contribution in [2.45, 2.75) is 6.42 Å². The van der Waals surface area contributed by atoms with Crippen LogP contribution in [0.2, 0.25) is 0 Å². The minimum Gasteiger partial charge on any atom is -0.326 e. The molecule has 1 aliphatic rings. The van der Waals surface area contributed by atoms with Gasteiger partial charge < -0.3 is 10.2 Å². The summed E-state index contributed by atoms with van der Waals surface area (Å²) in [6, 6.07) is 5.97. The molecule has 1 aromatic carbocycles. The van der Waals surface area contributed by atoms with Gasteiger partial charge in [0.25, 0.3) is 0 Å². The first-order valence-corrected chi connectivity index (χ1v) is 5.40. The third kappa shape index (κ3) is 2.58. The van der Waals surface area contributed by atoms with Gasteiger partial charge in [-0.1, -0.05) is 6.07 Å². The Kier molecular flexibility index (Phi) is 3.19. The largest absolute Gasteiger partial charge is 0.326 e. The number of hydrogen-bond acceptors (Lipinski definition) is 2. The minimum absolute atomic E-state index is 0.0186. The first-order valence-electron chi connectivity index (χ1n) is 5.40. The molecule has 0 aliphatic carbocycles. The number of likely N-dealkylation sites (tertiary alicyclic amines) is 1. The van der Waals surface area contributed by atoms with Gasteiger partial charge in [-0.05, 0) is 38.2 Å². The molecule has 0 bridgehead atoms. The maximum Gasteiger partial charge on any atom is 0.228 e. The lowest BCUT2D eigenvalue weighted by atomic mass is 10.1. The van der Waals surface area contributed by atoms with E-state index >= 15 is 0 Å². The molecule has 1 fully saturated rings. The van der Waals surface area contributed by atoms with Gasteiger partial charge in [-0.3, -0.25) is 4.79 Å². The van der Waals surface area contributed by atoms with Crippen LogP contribution >= 0.6 is 0 Å². The molecule has 0 spiro atoms. The Labute approximate surface area is 94.3 Å². The van der Waals surface area contributed by atoms with Crippen LogP contribution in [-0.4, -0.2) is 30.9 Å². The van der Waals surface area contributed by atoms with Crippen LogP contribution < -0.4 is 5.32 Å². The van der Waals surface area contributed by atoms with Gasteiger partial charge in [0.15, 0.2) is 0 Å². The number of halogens is 1. The van der Waals surface area contributed by atoms with Crippen LogP contribution in [0.5, 0.6) is 0 Å². The maximum atomic E-state index is 12.9. The van der Waals surface area contributed by atoms with Crippen LogP contribution in [0.15, 0.2) is 24.3 Å². The normalized spacial score (nSPS) is 21.0. The number of amides is 1. The van der Waals surface area contributed by atoms with Crippen molar-refractivity contribution in [2.75, 3.05) is 25.5 Å². The highest BCUT2D eigenvalue weighted by Gasteiger charge is 2.25. The van der Waals surface area contributed by atoms with Gasteiger partial charge >= 0.3 is 0 Å². The van der Waals surface area contributed by atoms with Crippen molar-refractivity contribution in [2.24, 2.45) is 5.92 Å². The van der Waals surface area contributed by atoms with Gasteiger partial charge in [0, 0.05) is 12.2 Å². The molecule has 1 aromatic rings. The fourth-order valence-corrected chi connectivity index (χ4v) is 1.96. The van der Waals surface area contributed by atoms with Crippen molar-refractivity contribution in [3.8, 4) is 0 Å². The average molecular weight is 222 g/mol. The Balaban J connectivity index is 1.97. The van der Waals surface area contributed by atoms with E-state index < -0.39 is 0 Å². The van der Waals surface area contributed by atoms with Crippen LogP contribution in [0.3, 0.4) is 0 Å². The molecule has 4 heteroatoms. The lowest BCUT2D eigenvalue weighted by molar-refractivity contribution is -0.119. The molecular weight excluding hydrogens is 207 g/mol. The fraction of sp³-hybridized carbons (Fsp3) is 0.417. The average Bonchev–Trinajstić information content (AvgIpc) is 2.65. The Hall–Kier alpha value is -1.42. The highest BCUT2D eigenvalue weighted by Crippen LogP contribution is 2.17. The summed E-state index contributed by atoms with van der Waals surface area (Å²) >= 11 is 0. The molecule has 1 atom stereocenters. The second-order valence-corrected chi connectivity index (χ2v) is 4.25. The molecule has 1 amide bonds. The van der Waals surface area contributed by atoms with E-state index in [1.165, 1.54) is 12.1 Å². The molecule has 0 saturated carbocycles. The lowest BCUT2D eigenvalue weighted by Gasteiger charge is -2.11. The van der Waals surface area contributed by atoms with Gasteiger partial charge in [0.1, 0.15) is 5.82 Å². The predicted molar refractivity (Wildman–Crippen MR) is 60.6 cm³/mol. The van der Waals surface area contributed by atoms with E-state index in [-0.39, 0.29) is 17.6 Å². The zero-order valence-electron chi connectivity index (χ0n) is 9.24. The SMILES string of the molecule is CN1CCC(C(=O)Nc2cccc(F)c2)C1. The first kappa shape index (κ1) is 11.1. The molecule has 0 radical (unpaired) electrons. The highest BCUT2D eigenvalue weighted by molar-refractivity contribution is 5.92. The summed E-state index contributed by atoms with van der Waals surface area (Å²) in [5, 5.41) is 2.74. The molecule has 3 nitrogen and oxygen atoms in total. The van der Waals surface area contributed by atoms with Crippen LogP contribution in [-0.2, 0) is 4.79 Å². The van der Waals surface area contributed by atoms with E-state index in [0.29, 0.717) is 5.69 Å². The zero-order valence-corrected chi connectivity index (χ0v) is 9.24. The first-order chi connectivity index (χ1) is 7.65. The van der Waals surface area contributed by atoms with Crippen molar-refractivity contribution < 1.29 is 9.18 Å². The van der Waals surface area contributed by atoms with Crippen LogP contribution in [0.25, 0.3) is 0 Å². The van der Waals surface area contributed by atoms with E-state index in [0.717, 1.165) is 19.5 Å². The molecule has 0 aromatic heterocycles. The number of carbonyl (C=O) groups is 1. The van der Waals surface area contributed by atoms with E-state index in [9.17, 15) is 9.18 Å². The highest BCUT2D eigenvalue weighted by atomic mass is 19.1. The number of anilines is 1. The molecule has 16 heavy (non-hydrogen) atoms. The van der Waals surface area contributed by atoms with Crippen molar-refractivity contribution in [3.05, 3.63) is 30.1 Å². The van der Waals surface area contributed by atoms with E-state index in [1.807, 2.05) is 7.05 Å². The van der Waals surface area contributed by atoms with E-state index in [1.54, 1.807) is 12.1 Å². The van der Waals surface area contributed by atoms with Gasteiger partial charge in [-0.2, -0.15) is 0 Å². The van der Waals surface area contributed by atoms with Gasteiger partial charge in [0.05, 0.1) is 5.92 Å². The monoisotopic (exact) mass is 222 g/mol. The van der Waals surface area contributed by atoms with Crippen LogP contribution in [0, 0.1) is 11.7 Å². The molecule has 1 unspecified atom stereocenters. The van der Waals surface area contributed by atoms with Crippen molar-refractivity contribution >= 4 is 11.6 Å². The Morgan fingerprint density at radius 3 is 3.00 bits per heavy atom. The molecular formula is C12H15FN2O. The zero-order chi connectivity index (χ0) is 11.5. The van der Waals surface area contributed by atoms with Crippen LogP contribution in [0.1, 0.15) is 6.42 Å². The van der Waals surface area contributed by atoms with Crippen molar-refractivity contribution in [1.82, 2.24) is 4.90 Å². The molecule has 1 N–H and O–H groups in total. The predicted octanol–water partition coefficient (Wildman–Crippen LogP) is 1.72. The molecule has 1 heterocycles. The number of hydrogen-bond donors (Lipinski definition) is 1. The Morgan fingerprint density at radius 2 is 2.38 bits per heavy atom. The van der Waals surface area contributed by atoms with Crippen molar-refractivity contribution in [1.29, 1.82) is 0 Å². The smallest absolute Gasteiger partial charge is 0.228 e. The maximum absolute atomic E-state index is 12.9. The Bertz CT molecular complexity index is 394. The molecule has 2 rings (SSSR count). The summed E-state index contributed by atoms with van der Waals surface area (Å²) in [7, 11) is 2.00. The third-order valence-corrected chi connectivity index (χ3v) is 2.85. The number of rotatable bonds is 2. The summed E-state index contributed by atoms with van der Waals surface area (Å²) < 4.78 is 12.9. The second-order valence-electron chi connectivity index (χ2n) is 4.25. The number of carbonyl (C=O) groups excluding carboxylic acids is 1. The summed E-state index contributed by atoms with van der Waals surface area (Å²) in [5.74, 6) is -0.329. The molecule has 1 aliphatic heterocycles.